The number of amides is 1. The zero-order valence-corrected chi connectivity index (χ0v) is 17.0. The standard InChI is InChI=1S/C19H19BrN4O2S/c1-2-10-24-18(14-5-7-15(20)8-6-14)22-23-19(24)27-12-9-17(25)21-13-16-4-3-11-26-16/h2-8,11H,1,9-10,12-13H2,(H,21,25). The van der Waals surface area contributed by atoms with Crippen molar-refractivity contribution in [3.63, 3.8) is 0 Å². The maximum Gasteiger partial charge on any atom is 0.221 e. The van der Waals surface area contributed by atoms with Crippen LogP contribution < -0.4 is 5.32 Å². The number of benzene rings is 1. The molecule has 3 rings (SSSR count). The summed E-state index contributed by atoms with van der Waals surface area (Å²) >= 11 is 4.94. The van der Waals surface area contributed by atoms with Crippen molar-refractivity contribution >= 4 is 33.6 Å². The minimum atomic E-state index is -0.0261. The Hall–Kier alpha value is -2.32. The minimum Gasteiger partial charge on any atom is -0.467 e. The summed E-state index contributed by atoms with van der Waals surface area (Å²) in [5, 5.41) is 12.2. The minimum absolute atomic E-state index is 0.0261. The summed E-state index contributed by atoms with van der Waals surface area (Å²) < 4.78 is 8.21. The highest BCUT2D eigenvalue weighted by Gasteiger charge is 2.14. The Labute approximate surface area is 170 Å². The number of halogens is 1. The first-order valence-electron chi connectivity index (χ1n) is 8.39. The Morgan fingerprint density at radius 3 is 2.81 bits per heavy atom. The molecule has 0 fully saturated rings. The maximum absolute atomic E-state index is 12.0. The number of aromatic nitrogens is 3. The molecule has 0 bridgehead atoms. The number of allylic oxidation sites excluding steroid dienone is 1. The van der Waals surface area contributed by atoms with Crippen LogP contribution in [-0.4, -0.2) is 26.4 Å². The summed E-state index contributed by atoms with van der Waals surface area (Å²) in [6.07, 6.45) is 3.79. The van der Waals surface area contributed by atoms with Gasteiger partial charge in [-0.05, 0) is 24.3 Å². The highest BCUT2D eigenvalue weighted by molar-refractivity contribution is 9.10. The first-order valence-corrected chi connectivity index (χ1v) is 10.2. The van der Waals surface area contributed by atoms with E-state index in [9.17, 15) is 4.79 Å². The lowest BCUT2D eigenvalue weighted by Crippen LogP contribution is -2.22. The lowest BCUT2D eigenvalue weighted by molar-refractivity contribution is -0.120. The van der Waals surface area contributed by atoms with Crippen LogP contribution in [0.3, 0.4) is 0 Å². The Bertz CT molecular complexity index is 891. The molecule has 8 heteroatoms. The zero-order chi connectivity index (χ0) is 19.1. The second-order valence-electron chi connectivity index (χ2n) is 5.67. The first kappa shape index (κ1) is 19.4. The number of nitrogens with one attached hydrogen (secondary N) is 1. The van der Waals surface area contributed by atoms with Crippen LogP contribution in [0.15, 0.2) is 69.4 Å². The number of furan rings is 1. The Kier molecular flexibility index (Phi) is 6.89. The Morgan fingerprint density at radius 1 is 1.30 bits per heavy atom. The SMILES string of the molecule is C=CCn1c(SCCC(=O)NCc2ccco2)nnc1-c1ccc(Br)cc1. The van der Waals surface area contributed by atoms with E-state index in [1.54, 1.807) is 12.3 Å². The summed E-state index contributed by atoms with van der Waals surface area (Å²) in [5.41, 5.74) is 0.982. The van der Waals surface area contributed by atoms with E-state index in [-0.39, 0.29) is 5.91 Å². The number of hydrogen-bond donors (Lipinski definition) is 1. The molecule has 6 nitrogen and oxygen atoms in total. The molecule has 0 saturated heterocycles. The molecule has 0 atom stereocenters. The third-order valence-electron chi connectivity index (χ3n) is 3.73. The fourth-order valence-electron chi connectivity index (χ4n) is 2.42. The van der Waals surface area contributed by atoms with Gasteiger partial charge < -0.3 is 9.73 Å². The predicted octanol–water partition coefficient (Wildman–Crippen LogP) is 4.29. The highest BCUT2D eigenvalue weighted by atomic mass is 79.9. The maximum atomic E-state index is 12.0. The molecular formula is C19H19BrN4O2S. The third-order valence-corrected chi connectivity index (χ3v) is 5.23. The molecule has 1 N–H and O–H groups in total. The topological polar surface area (TPSA) is 73.0 Å². The molecule has 0 unspecified atom stereocenters. The normalized spacial score (nSPS) is 10.7. The van der Waals surface area contributed by atoms with E-state index in [1.807, 2.05) is 41.0 Å². The van der Waals surface area contributed by atoms with Crippen LogP contribution in [0.25, 0.3) is 11.4 Å². The van der Waals surface area contributed by atoms with Gasteiger partial charge >= 0.3 is 0 Å². The Balaban J connectivity index is 1.58. The predicted molar refractivity (Wildman–Crippen MR) is 109 cm³/mol. The number of thioether (sulfide) groups is 1. The molecule has 1 aromatic carbocycles. The molecule has 2 aromatic heterocycles. The number of hydrogen-bond acceptors (Lipinski definition) is 5. The molecule has 0 saturated carbocycles. The molecule has 0 spiro atoms. The van der Waals surface area contributed by atoms with E-state index in [0.29, 0.717) is 25.3 Å². The summed E-state index contributed by atoms with van der Waals surface area (Å²) in [6.45, 7) is 4.82. The van der Waals surface area contributed by atoms with Gasteiger partial charge in [-0.1, -0.05) is 45.9 Å². The molecule has 0 aliphatic heterocycles. The molecule has 0 aliphatic rings. The van der Waals surface area contributed by atoms with Gasteiger partial charge in [0.25, 0.3) is 0 Å². The lowest BCUT2D eigenvalue weighted by atomic mass is 10.2. The fraction of sp³-hybridized carbons (Fsp3) is 0.211. The summed E-state index contributed by atoms with van der Waals surface area (Å²) in [5.74, 6) is 2.11. The molecule has 3 aromatic rings. The summed E-state index contributed by atoms with van der Waals surface area (Å²) in [7, 11) is 0. The van der Waals surface area contributed by atoms with E-state index in [0.717, 1.165) is 26.8 Å². The number of nitrogens with zero attached hydrogens (tertiary/aromatic N) is 3. The van der Waals surface area contributed by atoms with Crippen molar-refractivity contribution in [1.82, 2.24) is 20.1 Å². The summed E-state index contributed by atoms with van der Waals surface area (Å²) in [4.78, 5) is 12.0. The van der Waals surface area contributed by atoms with Crippen LogP contribution in [-0.2, 0) is 17.9 Å². The molecule has 1 amide bonds. The second kappa shape index (κ2) is 9.57. The molecule has 140 valence electrons. The van der Waals surface area contributed by atoms with E-state index >= 15 is 0 Å². The van der Waals surface area contributed by atoms with Crippen LogP contribution in [0, 0.1) is 0 Å². The van der Waals surface area contributed by atoms with Crippen molar-refractivity contribution in [3.8, 4) is 11.4 Å². The van der Waals surface area contributed by atoms with Crippen LogP contribution >= 0.6 is 27.7 Å². The van der Waals surface area contributed by atoms with Gasteiger partial charge in [0, 0.05) is 28.8 Å². The van der Waals surface area contributed by atoms with Gasteiger partial charge in [-0.25, -0.2) is 0 Å². The van der Waals surface area contributed by atoms with Gasteiger partial charge in [0.05, 0.1) is 12.8 Å². The van der Waals surface area contributed by atoms with Crippen LogP contribution in [0.4, 0.5) is 0 Å². The van der Waals surface area contributed by atoms with Gasteiger partial charge in [-0.15, -0.1) is 16.8 Å². The van der Waals surface area contributed by atoms with Crippen LogP contribution in [0.2, 0.25) is 0 Å². The Morgan fingerprint density at radius 2 is 2.11 bits per heavy atom. The van der Waals surface area contributed by atoms with Crippen molar-refractivity contribution < 1.29 is 9.21 Å². The monoisotopic (exact) mass is 446 g/mol. The van der Waals surface area contributed by atoms with Crippen LogP contribution in [0.5, 0.6) is 0 Å². The van der Waals surface area contributed by atoms with Crippen molar-refractivity contribution in [2.75, 3.05) is 5.75 Å². The highest BCUT2D eigenvalue weighted by Crippen LogP contribution is 2.25. The van der Waals surface area contributed by atoms with Crippen molar-refractivity contribution in [3.05, 3.63) is 65.5 Å². The fourth-order valence-corrected chi connectivity index (χ4v) is 3.57. The largest absolute Gasteiger partial charge is 0.467 e. The molecular weight excluding hydrogens is 428 g/mol. The van der Waals surface area contributed by atoms with Gasteiger partial charge in [0.15, 0.2) is 11.0 Å². The summed E-state index contributed by atoms with van der Waals surface area (Å²) in [6, 6.07) is 11.6. The quantitative estimate of drug-likeness (QED) is 0.392. The van der Waals surface area contributed by atoms with E-state index < -0.39 is 0 Å². The van der Waals surface area contributed by atoms with Gasteiger partial charge in [0.1, 0.15) is 5.76 Å². The van der Waals surface area contributed by atoms with Crippen molar-refractivity contribution in [2.24, 2.45) is 0 Å². The van der Waals surface area contributed by atoms with Gasteiger partial charge in [0.2, 0.25) is 5.91 Å². The number of carbonyl (C=O) groups is 1. The average Bonchev–Trinajstić information content (AvgIpc) is 3.32. The van der Waals surface area contributed by atoms with Gasteiger partial charge in [-0.3, -0.25) is 9.36 Å². The second-order valence-corrected chi connectivity index (χ2v) is 7.64. The van der Waals surface area contributed by atoms with E-state index in [2.05, 4.69) is 38.0 Å². The van der Waals surface area contributed by atoms with E-state index in [1.165, 1.54) is 11.8 Å². The molecule has 0 aliphatic carbocycles. The van der Waals surface area contributed by atoms with Crippen molar-refractivity contribution in [2.45, 2.75) is 24.7 Å². The smallest absolute Gasteiger partial charge is 0.221 e. The van der Waals surface area contributed by atoms with Crippen molar-refractivity contribution in [1.29, 1.82) is 0 Å². The molecule has 2 heterocycles. The van der Waals surface area contributed by atoms with E-state index in [4.69, 9.17) is 4.42 Å². The number of carbonyl (C=O) groups excluding carboxylic acids is 1. The third kappa shape index (κ3) is 5.33. The molecule has 0 radical (unpaired) electrons. The van der Waals surface area contributed by atoms with Gasteiger partial charge in [-0.2, -0.15) is 0 Å². The zero-order valence-electron chi connectivity index (χ0n) is 14.6. The average molecular weight is 447 g/mol. The van der Waals surface area contributed by atoms with Crippen LogP contribution in [0.1, 0.15) is 12.2 Å². The molecule has 27 heavy (non-hydrogen) atoms. The number of rotatable bonds is 9. The first-order chi connectivity index (χ1) is 13.2. The lowest BCUT2D eigenvalue weighted by Gasteiger charge is -2.08.